The van der Waals surface area contributed by atoms with E-state index < -0.39 is 0 Å². The minimum absolute atomic E-state index is 0.447. The highest BCUT2D eigenvalue weighted by molar-refractivity contribution is 6.31. The van der Waals surface area contributed by atoms with Gasteiger partial charge in [-0.05, 0) is 37.3 Å². The van der Waals surface area contributed by atoms with Crippen LogP contribution in [0.25, 0.3) is 17.3 Å². The first-order valence-electron chi connectivity index (χ1n) is 7.04. The summed E-state index contributed by atoms with van der Waals surface area (Å²) in [7, 11) is 0. The number of halogens is 1. The van der Waals surface area contributed by atoms with Crippen LogP contribution in [0.15, 0.2) is 54.7 Å². The van der Waals surface area contributed by atoms with Crippen molar-refractivity contribution in [2.75, 3.05) is 0 Å². The normalized spacial score (nSPS) is 11.3. The molecule has 0 aliphatic heterocycles. The van der Waals surface area contributed by atoms with Crippen molar-refractivity contribution in [3.8, 4) is 11.8 Å². The Hall–Kier alpha value is -2.90. The van der Waals surface area contributed by atoms with E-state index in [2.05, 4.69) is 16.2 Å². The lowest BCUT2D eigenvalue weighted by Gasteiger charge is -2.02. The second-order valence-corrected chi connectivity index (χ2v) is 5.28. The highest BCUT2D eigenvalue weighted by Gasteiger charge is 2.14. The maximum absolute atomic E-state index is 9.42. The average molecular weight is 321 g/mol. The second kappa shape index (κ2) is 6.47. The maximum Gasteiger partial charge on any atom is 0.140 e. The largest absolute Gasteiger partial charge is 0.256 e. The molecule has 3 aromatic rings. The fourth-order valence-electron chi connectivity index (χ4n) is 2.25. The molecule has 23 heavy (non-hydrogen) atoms. The van der Waals surface area contributed by atoms with Crippen LogP contribution in [0.1, 0.15) is 17.0 Å². The first kappa shape index (κ1) is 15.0. The van der Waals surface area contributed by atoms with Gasteiger partial charge >= 0.3 is 0 Å². The number of rotatable bonds is 3. The molecule has 112 valence electrons. The Balaban J connectivity index is 2.09. The summed E-state index contributed by atoms with van der Waals surface area (Å²) in [6.45, 7) is 1.87. The minimum Gasteiger partial charge on any atom is -0.256 e. The summed E-state index contributed by atoms with van der Waals surface area (Å²) in [5, 5.41) is 14.4. The number of para-hydroxylation sites is 1. The number of aryl methyl sites for hydroxylation is 1. The second-order valence-electron chi connectivity index (χ2n) is 4.92. The molecule has 1 aromatic carbocycles. The SMILES string of the molecule is Cc1nn(-c2ccccc2)c(Cl)c1/C=C(\C#N)c1ccccn1. The average Bonchev–Trinajstić information content (AvgIpc) is 2.88. The van der Waals surface area contributed by atoms with Crippen LogP contribution < -0.4 is 0 Å². The number of allylic oxidation sites excluding steroid dienone is 1. The Morgan fingerprint density at radius 2 is 1.91 bits per heavy atom. The molecule has 2 aromatic heterocycles. The summed E-state index contributed by atoms with van der Waals surface area (Å²) < 4.78 is 1.66. The van der Waals surface area contributed by atoms with Gasteiger partial charge in [-0.1, -0.05) is 35.9 Å². The van der Waals surface area contributed by atoms with Crippen LogP contribution in [0.2, 0.25) is 5.15 Å². The van der Waals surface area contributed by atoms with Gasteiger partial charge in [0.1, 0.15) is 11.2 Å². The lowest BCUT2D eigenvalue weighted by Crippen LogP contribution is -1.95. The van der Waals surface area contributed by atoms with E-state index in [1.54, 1.807) is 23.0 Å². The van der Waals surface area contributed by atoms with Gasteiger partial charge in [-0.25, -0.2) is 4.68 Å². The topological polar surface area (TPSA) is 54.5 Å². The Bertz CT molecular complexity index is 890. The lowest BCUT2D eigenvalue weighted by molar-refractivity contribution is 0.863. The number of pyridine rings is 1. The molecule has 4 nitrogen and oxygen atoms in total. The van der Waals surface area contributed by atoms with E-state index in [1.165, 1.54) is 0 Å². The third kappa shape index (κ3) is 3.01. The van der Waals surface area contributed by atoms with Crippen molar-refractivity contribution in [2.45, 2.75) is 6.92 Å². The smallest absolute Gasteiger partial charge is 0.140 e. The summed E-state index contributed by atoms with van der Waals surface area (Å²) in [6.07, 6.45) is 3.38. The Kier molecular flexibility index (Phi) is 4.22. The number of hydrogen-bond donors (Lipinski definition) is 0. The molecule has 0 saturated carbocycles. The van der Waals surface area contributed by atoms with Gasteiger partial charge in [-0.15, -0.1) is 0 Å². The predicted octanol–water partition coefficient (Wildman–Crippen LogP) is 4.29. The zero-order chi connectivity index (χ0) is 16.2. The van der Waals surface area contributed by atoms with Crippen LogP contribution in [-0.4, -0.2) is 14.8 Å². The highest BCUT2D eigenvalue weighted by Crippen LogP contribution is 2.27. The van der Waals surface area contributed by atoms with Crippen LogP contribution in [-0.2, 0) is 0 Å². The number of nitriles is 1. The van der Waals surface area contributed by atoms with Crippen molar-refractivity contribution < 1.29 is 0 Å². The first-order valence-corrected chi connectivity index (χ1v) is 7.42. The van der Waals surface area contributed by atoms with E-state index in [1.807, 2.05) is 49.4 Å². The van der Waals surface area contributed by atoms with Crippen LogP contribution in [0, 0.1) is 18.3 Å². The summed E-state index contributed by atoms with van der Waals surface area (Å²) >= 11 is 6.48. The van der Waals surface area contributed by atoms with Crippen molar-refractivity contribution in [2.24, 2.45) is 0 Å². The summed E-state index contributed by atoms with van der Waals surface area (Å²) in [6, 6.07) is 17.3. The number of nitrogens with zero attached hydrogens (tertiary/aromatic N) is 4. The molecule has 0 N–H and O–H groups in total. The first-order chi connectivity index (χ1) is 11.2. The van der Waals surface area contributed by atoms with Gasteiger partial charge < -0.3 is 0 Å². The van der Waals surface area contributed by atoms with Crippen LogP contribution in [0.3, 0.4) is 0 Å². The summed E-state index contributed by atoms with van der Waals surface area (Å²) in [5.74, 6) is 0. The fraction of sp³-hybridized carbons (Fsp3) is 0.0556. The molecule has 0 amide bonds. The molecule has 0 saturated heterocycles. The van der Waals surface area contributed by atoms with Gasteiger partial charge in [0.05, 0.1) is 22.6 Å². The van der Waals surface area contributed by atoms with Gasteiger partial charge in [0.2, 0.25) is 0 Å². The molecule has 0 fully saturated rings. The van der Waals surface area contributed by atoms with Crippen LogP contribution >= 0.6 is 11.6 Å². The monoisotopic (exact) mass is 320 g/mol. The summed E-state index contributed by atoms with van der Waals surface area (Å²) in [4.78, 5) is 4.21. The molecule has 0 bridgehead atoms. The molecule has 5 heteroatoms. The quantitative estimate of drug-likeness (QED) is 0.676. The maximum atomic E-state index is 9.42. The third-order valence-corrected chi connectivity index (χ3v) is 3.76. The molecular weight excluding hydrogens is 308 g/mol. The summed E-state index contributed by atoms with van der Waals surface area (Å²) in [5.41, 5.74) is 3.40. The molecule has 0 radical (unpaired) electrons. The van der Waals surface area contributed by atoms with Crippen molar-refractivity contribution >= 4 is 23.3 Å². The standard InChI is InChI=1S/C18H13ClN4/c1-13-16(11-14(12-20)17-9-5-6-10-21-17)18(19)23(22-13)15-7-3-2-4-8-15/h2-11H,1H3/b14-11+. The molecule has 0 aliphatic rings. The Morgan fingerprint density at radius 3 is 2.57 bits per heavy atom. The molecule has 0 unspecified atom stereocenters. The van der Waals surface area contributed by atoms with E-state index >= 15 is 0 Å². The zero-order valence-electron chi connectivity index (χ0n) is 12.4. The molecule has 0 spiro atoms. The van der Waals surface area contributed by atoms with Gasteiger partial charge in [0, 0.05) is 11.8 Å². The lowest BCUT2D eigenvalue weighted by atomic mass is 10.1. The van der Waals surface area contributed by atoms with Gasteiger partial charge in [0.15, 0.2) is 0 Å². The van der Waals surface area contributed by atoms with Crippen molar-refractivity contribution in [3.05, 3.63) is 76.8 Å². The Labute approximate surface area is 139 Å². The van der Waals surface area contributed by atoms with Crippen molar-refractivity contribution in [1.29, 1.82) is 5.26 Å². The van der Waals surface area contributed by atoms with E-state index in [-0.39, 0.29) is 0 Å². The number of aromatic nitrogens is 3. The highest BCUT2D eigenvalue weighted by atomic mass is 35.5. The van der Waals surface area contributed by atoms with Crippen LogP contribution in [0.5, 0.6) is 0 Å². The fourth-order valence-corrected chi connectivity index (χ4v) is 2.57. The minimum atomic E-state index is 0.447. The van der Waals surface area contributed by atoms with Crippen molar-refractivity contribution in [1.82, 2.24) is 14.8 Å². The molecule has 0 atom stereocenters. The zero-order valence-corrected chi connectivity index (χ0v) is 13.2. The van der Waals surface area contributed by atoms with E-state index in [4.69, 9.17) is 11.6 Å². The molecular formula is C18H13ClN4. The number of benzene rings is 1. The molecule has 2 heterocycles. The van der Waals surface area contributed by atoms with E-state index in [0.29, 0.717) is 16.4 Å². The van der Waals surface area contributed by atoms with Crippen molar-refractivity contribution in [3.63, 3.8) is 0 Å². The predicted molar refractivity (Wildman–Crippen MR) is 91.0 cm³/mol. The van der Waals surface area contributed by atoms with Gasteiger partial charge in [0.25, 0.3) is 0 Å². The number of hydrogen-bond acceptors (Lipinski definition) is 3. The van der Waals surface area contributed by atoms with Gasteiger partial charge in [-0.2, -0.15) is 10.4 Å². The molecule has 3 rings (SSSR count). The van der Waals surface area contributed by atoms with Gasteiger partial charge in [-0.3, -0.25) is 4.98 Å². The van der Waals surface area contributed by atoms with E-state index in [9.17, 15) is 5.26 Å². The third-order valence-electron chi connectivity index (χ3n) is 3.40. The van der Waals surface area contributed by atoms with E-state index in [0.717, 1.165) is 16.9 Å². The molecule has 0 aliphatic carbocycles. The Morgan fingerprint density at radius 1 is 1.17 bits per heavy atom. The van der Waals surface area contributed by atoms with Crippen LogP contribution in [0.4, 0.5) is 0 Å².